The van der Waals surface area contributed by atoms with E-state index in [1.165, 1.54) is 0 Å². The molecule has 0 aliphatic rings. The van der Waals surface area contributed by atoms with Gasteiger partial charge in [0.1, 0.15) is 6.61 Å². The topological polar surface area (TPSA) is 92.4 Å². The van der Waals surface area contributed by atoms with E-state index in [-0.39, 0.29) is 25.0 Å². The van der Waals surface area contributed by atoms with Crippen LogP contribution in [0.15, 0.2) is 18.2 Å². The molecule has 0 aliphatic carbocycles. The average molecular weight is 274 g/mol. The third kappa shape index (κ3) is 4.75. The fourth-order valence-corrected chi connectivity index (χ4v) is 1.69. The Morgan fingerprint density at radius 2 is 2.15 bits per heavy atom. The van der Waals surface area contributed by atoms with Crippen molar-refractivity contribution in [1.29, 1.82) is 0 Å². The second kappa shape index (κ2) is 7.31. The predicted octanol–water partition coefficient (Wildman–Crippen LogP) is 0.333. The minimum atomic E-state index is -0.462. The van der Waals surface area contributed by atoms with E-state index in [0.717, 1.165) is 5.56 Å². The molecular weight excluding hydrogens is 256 g/mol. The van der Waals surface area contributed by atoms with Crippen LogP contribution in [0.5, 0.6) is 0 Å². The molecule has 20 heavy (non-hydrogen) atoms. The number of amides is 2. The number of nitrogens with two attached hydrogens (primary N) is 1. The summed E-state index contributed by atoms with van der Waals surface area (Å²) in [5.74, 6) is 4.59. The Labute approximate surface area is 118 Å². The smallest absolute Gasteiger partial charge is 0.251 e. The lowest BCUT2D eigenvalue weighted by Gasteiger charge is -2.12. The highest BCUT2D eigenvalue weighted by Gasteiger charge is 2.12. The van der Waals surface area contributed by atoms with Gasteiger partial charge >= 0.3 is 0 Å². The van der Waals surface area contributed by atoms with Gasteiger partial charge in [0.25, 0.3) is 5.91 Å². The zero-order valence-corrected chi connectivity index (χ0v) is 11.6. The number of aliphatic hydroxyl groups excluding tert-OH is 1. The van der Waals surface area contributed by atoms with Crippen molar-refractivity contribution in [3.05, 3.63) is 34.9 Å². The van der Waals surface area contributed by atoms with Crippen molar-refractivity contribution in [2.24, 2.45) is 5.73 Å². The Bertz CT molecular complexity index is 570. The number of carbonyl (C=O) groups is 2. The van der Waals surface area contributed by atoms with Crippen LogP contribution in [0.25, 0.3) is 0 Å². The molecule has 5 nitrogen and oxygen atoms in total. The van der Waals surface area contributed by atoms with Crippen molar-refractivity contribution >= 4 is 11.8 Å². The largest absolute Gasteiger partial charge is 0.384 e. The van der Waals surface area contributed by atoms with Gasteiger partial charge in [0.15, 0.2) is 0 Å². The monoisotopic (exact) mass is 274 g/mol. The van der Waals surface area contributed by atoms with Crippen LogP contribution >= 0.6 is 0 Å². The standard InChI is InChI=1S/C15H18N2O3/c1-10-5-6-13(9-12(10)4-3-7-18)15(20)17-11(2)8-14(16)19/h5-6,9,11,18H,7-8H2,1-2H3,(H2,16,19)(H,17,20). The number of rotatable bonds is 4. The summed E-state index contributed by atoms with van der Waals surface area (Å²) in [6.07, 6.45) is 0.0920. The first kappa shape index (κ1) is 15.7. The first-order valence-electron chi connectivity index (χ1n) is 6.23. The van der Waals surface area contributed by atoms with Crippen LogP contribution in [-0.4, -0.2) is 29.6 Å². The first-order chi connectivity index (χ1) is 9.43. The fraction of sp³-hybridized carbons (Fsp3) is 0.333. The Morgan fingerprint density at radius 1 is 1.45 bits per heavy atom. The molecule has 1 aromatic carbocycles. The lowest BCUT2D eigenvalue weighted by atomic mass is 10.0. The van der Waals surface area contributed by atoms with Gasteiger partial charge < -0.3 is 16.2 Å². The van der Waals surface area contributed by atoms with Gasteiger partial charge in [0, 0.05) is 23.6 Å². The summed E-state index contributed by atoms with van der Waals surface area (Å²) < 4.78 is 0. The molecule has 0 aromatic heterocycles. The van der Waals surface area contributed by atoms with E-state index < -0.39 is 5.91 Å². The van der Waals surface area contributed by atoms with E-state index in [1.807, 2.05) is 6.92 Å². The van der Waals surface area contributed by atoms with Crippen molar-refractivity contribution in [1.82, 2.24) is 5.32 Å². The van der Waals surface area contributed by atoms with Crippen molar-refractivity contribution in [2.45, 2.75) is 26.3 Å². The molecule has 0 spiro atoms. The molecule has 0 saturated heterocycles. The third-order valence-electron chi connectivity index (χ3n) is 2.69. The number of aryl methyl sites for hydroxylation is 1. The molecule has 0 radical (unpaired) electrons. The third-order valence-corrected chi connectivity index (χ3v) is 2.69. The molecule has 1 unspecified atom stereocenters. The van der Waals surface area contributed by atoms with Crippen molar-refractivity contribution in [3.63, 3.8) is 0 Å². The minimum absolute atomic E-state index is 0.0920. The van der Waals surface area contributed by atoms with Crippen LogP contribution in [-0.2, 0) is 4.79 Å². The van der Waals surface area contributed by atoms with E-state index in [4.69, 9.17) is 10.8 Å². The van der Waals surface area contributed by atoms with Gasteiger partial charge in [0.05, 0.1) is 0 Å². The second-order valence-corrected chi connectivity index (χ2v) is 4.53. The number of primary amides is 1. The maximum absolute atomic E-state index is 12.0. The van der Waals surface area contributed by atoms with Crippen LogP contribution in [0.4, 0.5) is 0 Å². The summed E-state index contributed by atoms with van der Waals surface area (Å²) in [6, 6.07) is 4.80. The average Bonchev–Trinajstić information content (AvgIpc) is 2.36. The molecule has 0 heterocycles. The van der Waals surface area contributed by atoms with Gasteiger partial charge in [-0.2, -0.15) is 0 Å². The van der Waals surface area contributed by atoms with E-state index in [9.17, 15) is 9.59 Å². The quantitative estimate of drug-likeness (QED) is 0.691. The van der Waals surface area contributed by atoms with Crippen molar-refractivity contribution in [3.8, 4) is 11.8 Å². The molecule has 0 fully saturated rings. The predicted molar refractivity (Wildman–Crippen MR) is 75.9 cm³/mol. The van der Waals surface area contributed by atoms with E-state index >= 15 is 0 Å². The van der Waals surface area contributed by atoms with Gasteiger partial charge in [-0.1, -0.05) is 17.9 Å². The molecule has 0 bridgehead atoms. The summed E-state index contributed by atoms with van der Waals surface area (Å²) in [4.78, 5) is 22.8. The first-order valence-corrected chi connectivity index (χ1v) is 6.23. The van der Waals surface area contributed by atoms with E-state index in [1.54, 1.807) is 25.1 Å². The van der Waals surface area contributed by atoms with Crippen molar-refractivity contribution in [2.75, 3.05) is 6.61 Å². The van der Waals surface area contributed by atoms with Gasteiger partial charge in [-0.3, -0.25) is 9.59 Å². The molecule has 2 amide bonds. The van der Waals surface area contributed by atoms with Crippen LogP contribution in [0.3, 0.4) is 0 Å². The number of hydrogen-bond acceptors (Lipinski definition) is 3. The number of carbonyl (C=O) groups excluding carboxylic acids is 2. The Morgan fingerprint density at radius 3 is 2.75 bits per heavy atom. The fourth-order valence-electron chi connectivity index (χ4n) is 1.69. The number of hydrogen-bond donors (Lipinski definition) is 3. The Balaban J connectivity index is 2.86. The maximum Gasteiger partial charge on any atom is 0.251 e. The molecule has 5 heteroatoms. The highest BCUT2D eigenvalue weighted by atomic mass is 16.2. The Hall–Kier alpha value is -2.32. The summed E-state index contributed by atoms with van der Waals surface area (Å²) in [7, 11) is 0. The van der Waals surface area contributed by atoms with Crippen LogP contribution in [0.1, 0.15) is 34.8 Å². The molecule has 0 saturated carbocycles. The molecular formula is C15H18N2O3. The highest BCUT2D eigenvalue weighted by Crippen LogP contribution is 2.10. The van der Waals surface area contributed by atoms with Gasteiger partial charge in [0.2, 0.25) is 5.91 Å². The van der Waals surface area contributed by atoms with Crippen LogP contribution in [0, 0.1) is 18.8 Å². The normalized spacial score (nSPS) is 11.2. The zero-order valence-electron chi connectivity index (χ0n) is 11.6. The molecule has 1 rings (SSSR count). The SMILES string of the molecule is Cc1ccc(C(=O)NC(C)CC(N)=O)cc1C#CCO. The molecule has 1 aromatic rings. The van der Waals surface area contributed by atoms with Gasteiger partial charge in [-0.25, -0.2) is 0 Å². The van der Waals surface area contributed by atoms with Gasteiger partial charge in [-0.05, 0) is 31.5 Å². The van der Waals surface area contributed by atoms with Crippen LogP contribution < -0.4 is 11.1 Å². The summed E-state index contributed by atoms with van der Waals surface area (Å²) >= 11 is 0. The summed E-state index contributed by atoms with van der Waals surface area (Å²) in [5.41, 5.74) is 7.14. The maximum atomic E-state index is 12.0. The molecule has 106 valence electrons. The van der Waals surface area contributed by atoms with Gasteiger partial charge in [-0.15, -0.1) is 0 Å². The lowest BCUT2D eigenvalue weighted by Crippen LogP contribution is -2.35. The summed E-state index contributed by atoms with van der Waals surface area (Å²) in [5, 5.41) is 11.4. The van der Waals surface area contributed by atoms with Crippen LogP contribution in [0.2, 0.25) is 0 Å². The Kier molecular flexibility index (Phi) is 5.75. The summed E-state index contributed by atoms with van der Waals surface area (Å²) in [6.45, 7) is 3.35. The number of aliphatic hydroxyl groups is 1. The molecule has 0 aliphatic heterocycles. The molecule has 1 atom stereocenters. The van der Waals surface area contributed by atoms with E-state index in [0.29, 0.717) is 11.1 Å². The minimum Gasteiger partial charge on any atom is -0.384 e. The lowest BCUT2D eigenvalue weighted by molar-refractivity contribution is -0.118. The van der Waals surface area contributed by atoms with Crippen molar-refractivity contribution < 1.29 is 14.7 Å². The van der Waals surface area contributed by atoms with E-state index in [2.05, 4.69) is 17.2 Å². The second-order valence-electron chi connectivity index (χ2n) is 4.53. The number of benzene rings is 1. The molecule has 4 N–H and O–H groups in total. The highest BCUT2D eigenvalue weighted by molar-refractivity contribution is 5.95. The number of nitrogens with one attached hydrogen (secondary N) is 1. The zero-order chi connectivity index (χ0) is 15.1.